The molecule has 4 rings (SSSR count). The van der Waals surface area contributed by atoms with Crippen LogP contribution in [0.15, 0.2) is 36.7 Å². The van der Waals surface area contributed by atoms with Gasteiger partial charge in [-0.2, -0.15) is 0 Å². The Balaban J connectivity index is 1.44. The zero-order valence-electron chi connectivity index (χ0n) is 16.5. The highest BCUT2D eigenvalue weighted by Crippen LogP contribution is 2.40. The molecule has 0 radical (unpaired) electrons. The third-order valence-corrected chi connectivity index (χ3v) is 6.22. The highest BCUT2D eigenvalue weighted by Gasteiger charge is 2.48. The van der Waals surface area contributed by atoms with Crippen molar-refractivity contribution in [1.82, 2.24) is 19.4 Å². The van der Waals surface area contributed by atoms with Crippen molar-refractivity contribution in [2.24, 2.45) is 5.41 Å². The first kappa shape index (κ1) is 18.2. The minimum atomic E-state index is -0.189. The normalized spacial score (nSPS) is 23.5. The van der Waals surface area contributed by atoms with Gasteiger partial charge in [-0.1, -0.05) is 29.8 Å². The van der Waals surface area contributed by atoms with Crippen LogP contribution in [0.3, 0.4) is 0 Å². The van der Waals surface area contributed by atoms with Gasteiger partial charge in [0, 0.05) is 38.6 Å². The second-order valence-corrected chi connectivity index (χ2v) is 8.19. The van der Waals surface area contributed by atoms with Crippen molar-refractivity contribution in [2.75, 3.05) is 19.6 Å². The Morgan fingerprint density at radius 3 is 2.89 bits per heavy atom. The molecule has 2 saturated heterocycles. The maximum Gasteiger partial charge on any atom is 0.230 e. The predicted molar refractivity (Wildman–Crippen MR) is 106 cm³/mol. The monoisotopic (exact) mass is 366 g/mol. The molecule has 2 fully saturated rings. The van der Waals surface area contributed by atoms with Crippen molar-refractivity contribution in [3.63, 3.8) is 0 Å². The Morgan fingerprint density at radius 1 is 1.19 bits per heavy atom. The minimum Gasteiger partial charge on any atom is -0.338 e. The van der Waals surface area contributed by atoms with Gasteiger partial charge in [-0.3, -0.25) is 9.69 Å². The standard InChI is InChI=1S/C22H30N4O/c1-3-25-13-10-23-20(25)16-24-12-9-22(17-24)8-5-11-26(21(22)27)15-19-7-4-6-18(2)14-19/h4,6-7,10,13-14H,3,5,8-9,11-12,15-17H2,1-2H3/t22-/m0/s1. The topological polar surface area (TPSA) is 41.4 Å². The molecule has 0 saturated carbocycles. The fourth-order valence-electron chi connectivity index (χ4n) is 4.79. The van der Waals surface area contributed by atoms with Crippen LogP contribution in [0, 0.1) is 12.3 Å². The Morgan fingerprint density at radius 2 is 2.07 bits per heavy atom. The lowest BCUT2D eigenvalue weighted by Crippen LogP contribution is -2.49. The Bertz CT molecular complexity index is 814. The molecular weight excluding hydrogens is 336 g/mol. The fraction of sp³-hybridized carbons (Fsp3) is 0.545. The molecule has 2 aliphatic rings. The summed E-state index contributed by atoms with van der Waals surface area (Å²) in [5.74, 6) is 1.46. The Hall–Kier alpha value is -2.14. The van der Waals surface area contributed by atoms with Gasteiger partial charge in [-0.15, -0.1) is 0 Å². The number of nitrogens with zero attached hydrogens (tertiary/aromatic N) is 4. The van der Waals surface area contributed by atoms with Gasteiger partial charge in [-0.05, 0) is 45.2 Å². The molecule has 0 aliphatic carbocycles. The average Bonchev–Trinajstić information content (AvgIpc) is 3.27. The molecule has 2 aliphatic heterocycles. The number of imidazole rings is 1. The van der Waals surface area contributed by atoms with Crippen LogP contribution in [-0.4, -0.2) is 44.9 Å². The van der Waals surface area contributed by atoms with Gasteiger partial charge in [0.1, 0.15) is 5.82 Å². The molecular formula is C22H30N4O. The van der Waals surface area contributed by atoms with E-state index in [0.717, 1.165) is 64.4 Å². The van der Waals surface area contributed by atoms with Gasteiger partial charge < -0.3 is 9.47 Å². The molecule has 1 atom stereocenters. The number of piperidine rings is 1. The van der Waals surface area contributed by atoms with Crippen molar-refractivity contribution in [1.29, 1.82) is 0 Å². The highest BCUT2D eigenvalue weighted by molar-refractivity contribution is 5.84. The summed E-state index contributed by atoms with van der Waals surface area (Å²) in [6.07, 6.45) is 7.02. The molecule has 1 spiro atoms. The van der Waals surface area contributed by atoms with Gasteiger partial charge in [0.05, 0.1) is 12.0 Å². The number of aryl methyl sites for hydroxylation is 2. The van der Waals surface area contributed by atoms with Crippen molar-refractivity contribution in [3.8, 4) is 0 Å². The molecule has 0 N–H and O–H groups in total. The Kier molecular flexibility index (Phi) is 5.04. The summed E-state index contributed by atoms with van der Waals surface area (Å²) < 4.78 is 2.19. The third-order valence-electron chi connectivity index (χ3n) is 6.22. The molecule has 5 nitrogen and oxygen atoms in total. The number of aromatic nitrogens is 2. The minimum absolute atomic E-state index is 0.189. The molecule has 2 aromatic rings. The van der Waals surface area contributed by atoms with Crippen molar-refractivity contribution in [2.45, 2.75) is 52.7 Å². The van der Waals surface area contributed by atoms with Crippen LogP contribution in [0.25, 0.3) is 0 Å². The Labute approximate surface area is 162 Å². The first-order valence-electron chi connectivity index (χ1n) is 10.2. The number of hydrogen-bond acceptors (Lipinski definition) is 3. The average molecular weight is 367 g/mol. The number of carbonyl (C=O) groups is 1. The second kappa shape index (κ2) is 7.47. The van der Waals surface area contributed by atoms with E-state index in [-0.39, 0.29) is 5.41 Å². The van der Waals surface area contributed by atoms with E-state index in [4.69, 9.17) is 0 Å². The molecule has 0 unspecified atom stereocenters. The first-order valence-corrected chi connectivity index (χ1v) is 10.2. The van der Waals surface area contributed by atoms with Crippen molar-refractivity contribution < 1.29 is 4.79 Å². The van der Waals surface area contributed by atoms with Crippen LogP contribution < -0.4 is 0 Å². The van der Waals surface area contributed by atoms with Crippen molar-refractivity contribution >= 4 is 5.91 Å². The molecule has 1 amide bonds. The van der Waals surface area contributed by atoms with E-state index >= 15 is 0 Å². The first-order chi connectivity index (χ1) is 13.1. The second-order valence-electron chi connectivity index (χ2n) is 8.19. The van der Waals surface area contributed by atoms with Gasteiger partial charge in [0.15, 0.2) is 0 Å². The van der Waals surface area contributed by atoms with E-state index in [1.54, 1.807) is 0 Å². The molecule has 27 heavy (non-hydrogen) atoms. The van der Waals surface area contributed by atoms with E-state index in [1.807, 2.05) is 12.4 Å². The van der Waals surface area contributed by atoms with E-state index in [0.29, 0.717) is 5.91 Å². The lowest BCUT2D eigenvalue weighted by Gasteiger charge is -2.39. The van der Waals surface area contributed by atoms with Gasteiger partial charge in [0.2, 0.25) is 5.91 Å². The maximum absolute atomic E-state index is 13.4. The SMILES string of the molecule is CCn1ccnc1CN1CC[C@@]2(CCCN(Cc3cccc(C)c3)C2=O)C1. The zero-order valence-corrected chi connectivity index (χ0v) is 16.5. The van der Waals surface area contributed by atoms with Crippen LogP contribution >= 0.6 is 0 Å². The van der Waals surface area contributed by atoms with Gasteiger partial charge in [0.25, 0.3) is 0 Å². The summed E-state index contributed by atoms with van der Waals surface area (Å²) in [4.78, 5) is 22.4. The van der Waals surface area contributed by atoms with E-state index in [2.05, 4.69) is 57.5 Å². The smallest absolute Gasteiger partial charge is 0.230 e. The van der Waals surface area contributed by atoms with Crippen LogP contribution in [0.5, 0.6) is 0 Å². The molecule has 1 aromatic carbocycles. The van der Waals surface area contributed by atoms with E-state index in [9.17, 15) is 4.79 Å². The lowest BCUT2D eigenvalue weighted by molar-refractivity contribution is -0.146. The summed E-state index contributed by atoms with van der Waals surface area (Å²) in [5, 5.41) is 0. The predicted octanol–water partition coefficient (Wildman–Crippen LogP) is 3.23. The number of amides is 1. The fourth-order valence-corrected chi connectivity index (χ4v) is 4.79. The highest BCUT2D eigenvalue weighted by atomic mass is 16.2. The molecule has 5 heteroatoms. The summed E-state index contributed by atoms with van der Waals surface area (Å²) >= 11 is 0. The van der Waals surface area contributed by atoms with E-state index < -0.39 is 0 Å². The van der Waals surface area contributed by atoms with Crippen molar-refractivity contribution in [3.05, 3.63) is 53.6 Å². The van der Waals surface area contributed by atoms with Crippen LogP contribution in [0.1, 0.15) is 43.1 Å². The number of hydrogen-bond donors (Lipinski definition) is 0. The molecule has 3 heterocycles. The van der Waals surface area contributed by atoms with Gasteiger partial charge >= 0.3 is 0 Å². The summed E-state index contributed by atoms with van der Waals surface area (Å²) in [6.45, 7) is 9.51. The van der Waals surface area contributed by atoms with Crippen LogP contribution in [0.2, 0.25) is 0 Å². The number of rotatable bonds is 5. The molecule has 0 bridgehead atoms. The quantitative estimate of drug-likeness (QED) is 0.816. The summed E-state index contributed by atoms with van der Waals surface area (Å²) in [7, 11) is 0. The van der Waals surface area contributed by atoms with Crippen LogP contribution in [0.4, 0.5) is 0 Å². The van der Waals surface area contributed by atoms with Crippen LogP contribution in [-0.2, 0) is 24.4 Å². The maximum atomic E-state index is 13.4. The largest absolute Gasteiger partial charge is 0.338 e. The van der Waals surface area contributed by atoms with Gasteiger partial charge in [-0.25, -0.2) is 4.98 Å². The third kappa shape index (κ3) is 3.65. The molecule has 1 aromatic heterocycles. The number of benzene rings is 1. The molecule has 144 valence electrons. The number of likely N-dealkylation sites (tertiary alicyclic amines) is 2. The lowest BCUT2D eigenvalue weighted by atomic mass is 9.78. The summed E-state index contributed by atoms with van der Waals surface area (Å²) in [6, 6.07) is 8.52. The van der Waals surface area contributed by atoms with E-state index in [1.165, 1.54) is 11.1 Å². The zero-order chi connectivity index (χ0) is 18.9. The summed E-state index contributed by atoms with van der Waals surface area (Å²) in [5.41, 5.74) is 2.30. The number of carbonyl (C=O) groups excluding carboxylic acids is 1.